The summed E-state index contributed by atoms with van der Waals surface area (Å²) in [5.41, 5.74) is -0.0623. The van der Waals surface area contributed by atoms with Crippen molar-refractivity contribution in [2.45, 2.75) is 12.8 Å². The molecule has 0 radical (unpaired) electrons. The molecule has 0 amide bonds. The van der Waals surface area contributed by atoms with Crippen LogP contribution in [0.2, 0.25) is 5.02 Å². The van der Waals surface area contributed by atoms with Gasteiger partial charge in [0.2, 0.25) is 0 Å². The number of fused-ring (bicyclic) bond motifs is 1. The third-order valence-electron chi connectivity index (χ3n) is 6.19. The van der Waals surface area contributed by atoms with E-state index in [2.05, 4.69) is 26.0 Å². The molecule has 0 aliphatic heterocycles. The Hall–Kier alpha value is -4.22. The molecule has 5 rings (SSSR count). The van der Waals surface area contributed by atoms with Gasteiger partial charge < -0.3 is 9.47 Å². The maximum Gasteiger partial charge on any atom is 0.416 e. The largest absolute Gasteiger partial charge is 0.493 e. The Morgan fingerprint density at radius 1 is 1.05 bits per heavy atom. The smallest absolute Gasteiger partial charge is 0.416 e. The highest BCUT2D eigenvalue weighted by molar-refractivity contribution is 9.10. The van der Waals surface area contributed by atoms with Gasteiger partial charge in [0.25, 0.3) is 5.56 Å². The predicted octanol–water partition coefficient (Wildman–Crippen LogP) is 8.11. The van der Waals surface area contributed by atoms with Crippen molar-refractivity contribution in [3.63, 3.8) is 0 Å². The van der Waals surface area contributed by atoms with Crippen LogP contribution in [0, 0.1) is 5.82 Å². The first-order valence-electron chi connectivity index (χ1n) is 12.2. The molecule has 214 valence electrons. The summed E-state index contributed by atoms with van der Waals surface area (Å²) in [7, 11) is 1.41. The highest BCUT2D eigenvalue weighted by atomic mass is 79.9. The van der Waals surface area contributed by atoms with E-state index in [1.807, 2.05) is 0 Å². The molecule has 1 heterocycles. The van der Waals surface area contributed by atoms with E-state index in [1.54, 1.807) is 42.5 Å². The molecule has 0 saturated heterocycles. The molecule has 0 aliphatic rings. The standard InChI is InChI=1S/C30H19BrClF4N3O3/c1-41-24-14-19(25(31)26(32)27(24)42-16-17-9-11-21(33)12-10-17)15-37-39-28(18-5-4-6-20(13-18)30(34,35)36)38-23-8-3-2-7-22(23)29(39)40/h2-15H,16H2,1H3. The molecule has 0 unspecified atom stereocenters. The number of nitrogens with zero attached hydrogens (tertiary/aromatic N) is 3. The highest BCUT2D eigenvalue weighted by Crippen LogP contribution is 2.42. The molecule has 42 heavy (non-hydrogen) atoms. The monoisotopic (exact) mass is 659 g/mol. The van der Waals surface area contributed by atoms with Crippen molar-refractivity contribution in [2.75, 3.05) is 7.11 Å². The summed E-state index contributed by atoms with van der Waals surface area (Å²) < 4.78 is 66.2. The van der Waals surface area contributed by atoms with Gasteiger partial charge in [-0.25, -0.2) is 9.37 Å². The van der Waals surface area contributed by atoms with Gasteiger partial charge in [-0.3, -0.25) is 4.79 Å². The fourth-order valence-corrected chi connectivity index (χ4v) is 4.75. The lowest BCUT2D eigenvalue weighted by atomic mass is 10.1. The van der Waals surface area contributed by atoms with Crippen molar-refractivity contribution in [3.8, 4) is 22.9 Å². The van der Waals surface area contributed by atoms with Crippen LogP contribution < -0.4 is 15.0 Å². The molecule has 5 aromatic rings. The highest BCUT2D eigenvalue weighted by Gasteiger charge is 2.31. The van der Waals surface area contributed by atoms with Gasteiger partial charge >= 0.3 is 6.18 Å². The van der Waals surface area contributed by atoms with Crippen molar-refractivity contribution in [3.05, 3.63) is 121 Å². The number of aromatic nitrogens is 2. The summed E-state index contributed by atoms with van der Waals surface area (Å²) in [6.07, 6.45) is -3.29. The minimum Gasteiger partial charge on any atom is -0.493 e. The summed E-state index contributed by atoms with van der Waals surface area (Å²) in [5, 5.41) is 4.68. The number of halogens is 6. The maximum absolute atomic E-state index is 13.5. The van der Waals surface area contributed by atoms with Gasteiger partial charge in [-0.15, -0.1) is 0 Å². The van der Waals surface area contributed by atoms with E-state index in [1.165, 1.54) is 37.6 Å². The quantitative estimate of drug-likeness (QED) is 0.131. The zero-order valence-electron chi connectivity index (χ0n) is 21.6. The molecule has 12 heteroatoms. The zero-order valence-corrected chi connectivity index (χ0v) is 24.0. The van der Waals surface area contributed by atoms with Crippen LogP contribution in [-0.4, -0.2) is 23.0 Å². The minimum atomic E-state index is -4.60. The molecule has 0 saturated carbocycles. The van der Waals surface area contributed by atoms with Gasteiger partial charge in [0.15, 0.2) is 17.3 Å². The normalized spacial score (nSPS) is 11.8. The Kier molecular flexibility index (Phi) is 8.33. The van der Waals surface area contributed by atoms with Crippen molar-refractivity contribution >= 4 is 44.6 Å². The molecular formula is C30H19BrClF4N3O3. The molecule has 0 fully saturated rings. The van der Waals surface area contributed by atoms with Crippen LogP contribution >= 0.6 is 27.5 Å². The first-order chi connectivity index (χ1) is 20.1. The van der Waals surface area contributed by atoms with E-state index in [9.17, 15) is 22.4 Å². The number of benzene rings is 4. The average Bonchev–Trinajstić information content (AvgIpc) is 2.98. The second-order valence-corrected chi connectivity index (χ2v) is 10.1. The lowest BCUT2D eigenvalue weighted by Crippen LogP contribution is -2.20. The van der Waals surface area contributed by atoms with Crippen molar-refractivity contribution in [2.24, 2.45) is 5.10 Å². The second kappa shape index (κ2) is 11.9. The summed E-state index contributed by atoms with van der Waals surface area (Å²) in [6.45, 7) is 0.0781. The van der Waals surface area contributed by atoms with Gasteiger partial charge in [0.05, 0.1) is 29.8 Å². The number of para-hydroxylation sites is 1. The molecule has 1 aromatic heterocycles. The van der Waals surface area contributed by atoms with E-state index < -0.39 is 17.3 Å². The van der Waals surface area contributed by atoms with E-state index >= 15 is 0 Å². The number of hydrogen-bond acceptors (Lipinski definition) is 5. The first kappa shape index (κ1) is 29.3. The summed E-state index contributed by atoms with van der Waals surface area (Å²) in [6, 6.07) is 18.3. The third-order valence-corrected chi connectivity index (χ3v) is 7.63. The SMILES string of the molecule is COc1cc(C=Nn2c(-c3cccc(C(F)(F)F)c3)nc3ccccc3c2=O)c(Br)c(Cl)c1OCc1ccc(F)cc1. The predicted molar refractivity (Wildman–Crippen MR) is 156 cm³/mol. The fraction of sp³-hybridized carbons (Fsp3) is 0.100. The summed E-state index contributed by atoms with van der Waals surface area (Å²) in [4.78, 5) is 17.9. The van der Waals surface area contributed by atoms with Crippen molar-refractivity contribution in [1.82, 2.24) is 9.66 Å². The van der Waals surface area contributed by atoms with Crippen LogP contribution in [0.15, 0.2) is 93.2 Å². The lowest BCUT2D eigenvalue weighted by Gasteiger charge is -2.15. The molecule has 0 atom stereocenters. The Morgan fingerprint density at radius 3 is 2.50 bits per heavy atom. The van der Waals surface area contributed by atoms with E-state index in [0.29, 0.717) is 21.1 Å². The zero-order chi connectivity index (χ0) is 30.0. The molecule has 6 nitrogen and oxygen atoms in total. The number of rotatable bonds is 7. The van der Waals surface area contributed by atoms with Gasteiger partial charge in [-0.05, 0) is 64.0 Å². The van der Waals surface area contributed by atoms with Crippen LogP contribution in [0.5, 0.6) is 11.5 Å². The van der Waals surface area contributed by atoms with Crippen LogP contribution in [0.25, 0.3) is 22.3 Å². The maximum atomic E-state index is 13.5. The Bertz CT molecular complexity index is 1880. The molecule has 0 aliphatic carbocycles. The molecule has 4 aromatic carbocycles. The lowest BCUT2D eigenvalue weighted by molar-refractivity contribution is -0.137. The van der Waals surface area contributed by atoms with Crippen LogP contribution in [-0.2, 0) is 12.8 Å². The van der Waals surface area contributed by atoms with Crippen LogP contribution in [0.1, 0.15) is 16.7 Å². The first-order valence-corrected chi connectivity index (χ1v) is 13.4. The number of methoxy groups -OCH3 is 1. The van der Waals surface area contributed by atoms with Gasteiger partial charge in [-0.2, -0.15) is 22.9 Å². The fourth-order valence-electron chi connectivity index (χ4n) is 4.09. The van der Waals surface area contributed by atoms with E-state index in [-0.39, 0.29) is 45.7 Å². The van der Waals surface area contributed by atoms with Crippen LogP contribution in [0.3, 0.4) is 0 Å². The van der Waals surface area contributed by atoms with Gasteiger partial charge in [0.1, 0.15) is 17.4 Å². The Labute approximate surface area is 249 Å². The topological polar surface area (TPSA) is 65.7 Å². The Morgan fingerprint density at radius 2 is 1.79 bits per heavy atom. The molecule has 0 spiro atoms. The molecular weight excluding hydrogens is 642 g/mol. The number of hydrogen-bond donors (Lipinski definition) is 0. The minimum absolute atomic E-state index is 0.0454. The Balaban J connectivity index is 1.58. The average molecular weight is 661 g/mol. The second-order valence-electron chi connectivity index (χ2n) is 8.93. The van der Waals surface area contributed by atoms with Crippen molar-refractivity contribution in [1.29, 1.82) is 0 Å². The van der Waals surface area contributed by atoms with Gasteiger partial charge in [0, 0.05) is 15.6 Å². The molecule has 0 N–H and O–H groups in total. The third kappa shape index (κ3) is 6.02. The summed E-state index contributed by atoms with van der Waals surface area (Å²) >= 11 is 10.0. The van der Waals surface area contributed by atoms with Gasteiger partial charge in [-0.1, -0.05) is 48.0 Å². The number of alkyl halides is 3. The molecule has 0 bridgehead atoms. The van der Waals surface area contributed by atoms with Crippen LogP contribution in [0.4, 0.5) is 17.6 Å². The van der Waals surface area contributed by atoms with Crippen molar-refractivity contribution < 1.29 is 27.0 Å². The van der Waals surface area contributed by atoms with E-state index in [4.69, 9.17) is 21.1 Å². The van der Waals surface area contributed by atoms with E-state index in [0.717, 1.165) is 16.8 Å². The number of ether oxygens (including phenoxy) is 2. The summed E-state index contributed by atoms with van der Waals surface area (Å²) in [5.74, 6) is -0.0114.